The van der Waals surface area contributed by atoms with Gasteiger partial charge in [0.15, 0.2) is 5.78 Å². The number of carbonyl (C=O) groups is 1. The molecule has 4 nitrogen and oxygen atoms in total. The maximum Gasteiger partial charge on any atom is 0.163 e. The van der Waals surface area contributed by atoms with Gasteiger partial charge in [-0.2, -0.15) is 5.10 Å². The monoisotopic (exact) mass is 210 g/mol. The Hall–Kier alpha value is -1.16. The van der Waals surface area contributed by atoms with Crippen LogP contribution in [0.4, 0.5) is 0 Å². The first-order valence-corrected chi connectivity index (χ1v) is 5.11. The molecule has 84 valence electrons. The van der Waals surface area contributed by atoms with Gasteiger partial charge in [0.05, 0.1) is 11.3 Å². The van der Waals surface area contributed by atoms with Gasteiger partial charge in [0.2, 0.25) is 0 Å². The van der Waals surface area contributed by atoms with E-state index in [4.69, 9.17) is 4.74 Å². The SMILES string of the molecule is COCCCn1nc(C)c(C(C)=O)c1C. The zero-order valence-electron chi connectivity index (χ0n) is 9.83. The van der Waals surface area contributed by atoms with Crippen molar-refractivity contribution in [1.82, 2.24) is 9.78 Å². The average molecular weight is 210 g/mol. The zero-order valence-corrected chi connectivity index (χ0v) is 9.83. The first-order valence-electron chi connectivity index (χ1n) is 5.11. The van der Waals surface area contributed by atoms with Crippen LogP contribution in [0.5, 0.6) is 0 Å². The molecule has 0 aliphatic rings. The van der Waals surface area contributed by atoms with Gasteiger partial charge in [0.25, 0.3) is 0 Å². The third kappa shape index (κ3) is 2.65. The maximum absolute atomic E-state index is 11.4. The number of ether oxygens (including phenoxy) is 1. The first kappa shape index (κ1) is 11.9. The predicted molar refractivity (Wildman–Crippen MR) is 58.2 cm³/mol. The number of aryl methyl sites for hydroxylation is 2. The summed E-state index contributed by atoms with van der Waals surface area (Å²) in [6.07, 6.45) is 0.913. The lowest BCUT2D eigenvalue weighted by Crippen LogP contribution is -2.06. The minimum atomic E-state index is 0.0861. The van der Waals surface area contributed by atoms with Crippen LogP contribution in [0.3, 0.4) is 0 Å². The van der Waals surface area contributed by atoms with Crippen molar-refractivity contribution in [2.45, 2.75) is 33.7 Å². The number of aromatic nitrogens is 2. The van der Waals surface area contributed by atoms with Crippen LogP contribution in [0.25, 0.3) is 0 Å². The molecule has 1 rings (SSSR count). The van der Waals surface area contributed by atoms with Crippen molar-refractivity contribution < 1.29 is 9.53 Å². The summed E-state index contributed by atoms with van der Waals surface area (Å²) in [5.74, 6) is 0.0861. The Balaban J connectivity index is 2.82. The lowest BCUT2D eigenvalue weighted by atomic mass is 10.1. The fourth-order valence-electron chi connectivity index (χ4n) is 1.78. The summed E-state index contributed by atoms with van der Waals surface area (Å²) < 4.78 is 6.86. The number of Topliss-reactive ketones (excluding diaryl/α,β-unsaturated/α-hetero) is 1. The minimum Gasteiger partial charge on any atom is -0.385 e. The smallest absolute Gasteiger partial charge is 0.163 e. The summed E-state index contributed by atoms with van der Waals surface area (Å²) in [4.78, 5) is 11.4. The van der Waals surface area contributed by atoms with Gasteiger partial charge in [-0.1, -0.05) is 0 Å². The van der Waals surface area contributed by atoms with E-state index in [2.05, 4.69) is 5.10 Å². The number of methoxy groups -OCH3 is 1. The van der Waals surface area contributed by atoms with Crippen LogP contribution < -0.4 is 0 Å². The van der Waals surface area contributed by atoms with Crippen molar-refractivity contribution in [3.8, 4) is 0 Å². The Bertz CT molecular complexity index is 356. The third-order valence-corrected chi connectivity index (χ3v) is 2.45. The molecular weight excluding hydrogens is 192 g/mol. The molecule has 0 aromatic carbocycles. The summed E-state index contributed by atoms with van der Waals surface area (Å²) in [5.41, 5.74) is 2.53. The van der Waals surface area contributed by atoms with E-state index in [9.17, 15) is 4.79 Å². The lowest BCUT2D eigenvalue weighted by molar-refractivity contribution is 0.101. The van der Waals surface area contributed by atoms with E-state index in [1.54, 1.807) is 14.0 Å². The summed E-state index contributed by atoms with van der Waals surface area (Å²) in [7, 11) is 1.68. The summed E-state index contributed by atoms with van der Waals surface area (Å²) in [5, 5.41) is 4.34. The quantitative estimate of drug-likeness (QED) is 0.549. The average Bonchev–Trinajstić information content (AvgIpc) is 2.42. The molecule has 4 heteroatoms. The Morgan fingerprint density at radius 3 is 2.60 bits per heavy atom. The summed E-state index contributed by atoms with van der Waals surface area (Å²) in [6, 6.07) is 0. The fraction of sp³-hybridized carbons (Fsp3) is 0.636. The van der Waals surface area contributed by atoms with Gasteiger partial charge < -0.3 is 4.74 Å². The molecule has 0 aliphatic carbocycles. The first-order chi connectivity index (χ1) is 7.07. The molecule has 15 heavy (non-hydrogen) atoms. The molecule has 0 fully saturated rings. The van der Waals surface area contributed by atoms with Crippen LogP contribution in [-0.2, 0) is 11.3 Å². The van der Waals surface area contributed by atoms with Crippen molar-refractivity contribution in [2.24, 2.45) is 0 Å². The molecule has 1 aromatic heterocycles. The highest BCUT2D eigenvalue weighted by Gasteiger charge is 2.14. The number of ketones is 1. The van der Waals surface area contributed by atoms with Gasteiger partial charge in [0, 0.05) is 26.0 Å². The van der Waals surface area contributed by atoms with E-state index in [0.29, 0.717) is 6.61 Å². The highest BCUT2D eigenvalue weighted by atomic mass is 16.5. The zero-order chi connectivity index (χ0) is 11.4. The predicted octanol–water partition coefficient (Wildman–Crippen LogP) is 1.74. The molecule has 0 atom stereocenters. The lowest BCUT2D eigenvalue weighted by Gasteiger charge is -2.03. The number of rotatable bonds is 5. The molecule has 1 heterocycles. The molecule has 0 aliphatic heterocycles. The van der Waals surface area contributed by atoms with Crippen LogP contribution in [-0.4, -0.2) is 29.3 Å². The van der Waals surface area contributed by atoms with Crippen LogP contribution in [0.2, 0.25) is 0 Å². The van der Waals surface area contributed by atoms with E-state index >= 15 is 0 Å². The normalized spacial score (nSPS) is 10.7. The Morgan fingerprint density at radius 1 is 1.47 bits per heavy atom. The molecule has 1 aromatic rings. The molecular formula is C11H18N2O2. The van der Waals surface area contributed by atoms with Gasteiger partial charge in [-0.15, -0.1) is 0 Å². The molecule has 0 saturated carbocycles. The second-order valence-corrected chi connectivity index (χ2v) is 3.67. The van der Waals surface area contributed by atoms with Gasteiger partial charge in [-0.3, -0.25) is 9.48 Å². The Kier molecular flexibility index (Phi) is 4.03. The topological polar surface area (TPSA) is 44.1 Å². The molecule has 0 bridgehead atoms. The molecule has 0 unspecified atom stereocenters. The van der Waals surface area contributed by atoms with Gasteiger partial charge >= 0.3 is 0 Å². The Labute approximate surface area is 90.2 Å². The molecule has 0 amide bonds. The second-order valence-electron chi connectivity index (χ2n) is 3.67. The van der Waals surface area contributed by atoms with Crippen LogP contribution in [0, 0.1) is 13.8 Å². The van der Waals surface area contributed by atoms with Crippen molar-refractivity contribution in [2.75, 3.05) is 13.7 Å². The maximum atomic E-state index is 11.4. The number of hydrogen-bond donors (Lipinski definition) is 0. The van der Waals surface area contributed by atoms with Crippen LogP contribution in [0.1, 0.15) is 35.1 Å². The number of nitrogens with zero attached hydrogens (tertiary/aromatic N) is 2. The van der Waals surface area contributed by atoms with Crippen LogP contribution in [0.15, 0.2) is 0 Å². The highest BCUT2D eigenvalue weighted by Crippen LogP contribution is 2.13. The summed E-state index contributed by atoms with van der Waals surface area (Å²) in [6.45, 7) is 6.90. The summed E-state index contributed by atoms with van der Waals surface area (Å²) >= 11 is 0. The Morgan fingerprint density at radius 2 is 2.13 bits per heavy atom. The second kappa shape index (κ2) is 5.07. The molecule has 0 spiro atoms. The van der Waals surface area contributed by atoms with E-state index in [1.807, 2.05) is 18.5 Å². The molecule has 0 saturated heterocycles. The van der Waals surface area contributed by atoms with Crippen molar-refractivity contribution in [3.63, 3.8) is 0 Å². The van der Waals surface area contributed by atoms with Crippen molar-refractivity contribution in [1.29, 1.82) is 0 Å². The van der Waals surface area contributed by atoms with Gasteiger partial charge in [0.1, 0.15) is 0 Å². The van der Waals surface area contributed by atoms with E-state index in [0.717, 1.165) is 29.9 Å². The third-order valence-electron chi connectivity index (χ3n) is 2.45. The highest BCUT2D eigenvalue weighted by molar-refractivity contribution is 5.96. The fourth-order valence-corrected chi connectivity index (χ4v) is 1.78. The van der Waals surface area contributed by atoms with Crippen molar-refractivity contribution in [3.05, 3.63) is 17.0 Å². The van der Waals surface area contributed by atoms with Gasteiger partial charge in [-0.25, -0.2) is 0 Å². The van der Waals surface area contributed by atoms with Gasteiger partial charge in [-0.05, 0) is 27.2 Å². The molecule has 0 N–H and O–H groups in total. The van der Waals surface area contributed by atoms with Crippen molar-refractivity contribution >= 4 is 5.78 Å². The van der Waals surface area contributed by atoms with E-state index < -0.39 is 0 Å². The van der Waals surface area contributed by atoms with E-state index in [1.165, 1.54) is 0 Å². The largest absolute Gasteiger partial charge is 0.385 e. The van der Waals surface area contributed by atoms with E-state index in [-0.39, 0.29) is 5.78 Å². The minimum absolute atomic E-state index is 0.0861. The standard InChI is InChI=1S/C11H18N2O2/c1-8-11(10(3)14)9(2)13(12-8)6-5-7-15-4/h5-7H2,1-4H3. The van der Waals surface area contributed by atoms with Crippen LogP contribution >= 0.6 is 0 Å². The number of hydrogen-bond acceptors (Lipinski definition) is 3. The molecule has 0 radical (unpaired) electrons. The number of carbonyl (C=O) groups excluding carboxylic acids is 1.